The highest BCUT2D eigenvalue weighted by atomic mass is 32.2. The molecule has 0 unspecified atom stereocenters. The molecule has 1 N–H and O–H groups in total. The fraction of sp³-hybridized carbons (Fsp3) is 0.273. The number of amides is 1. The molecule has 1 aliphatic carbocycles. The van der Waals surface area contributed by atoms with E-state index < -0.39 is 0 Å². The van der Waals surface area contributed by atoms with E-state index in [1.165, 1.54) is 17.3 Å². The van der Waals surface area contributed by atoms with E-state index in [1.54, 1.807) is 6.33 Å². The van der Waals surface area contributed by atoms with Gasteiger partial charge in [0.25, 0.3) is 0 Å². The van der Waals surface area contributed by atoms with Crippen LogP contribution in [0.25, 0.3) is 17.1 Å². The molecule has 4 aromatic rings. The number of tetrazole rings is 1. The van der Waals surface area contributed by atoms with Gasteiger partial charge in [-0.1, -0.05) is 49.0 Å². The number of carbonyl (C=O) groups excluding carboxylic acids is 1. The molecule has 1 fully saturated rings. The van der Waals surface area contributed by atoms with Crippen molar-refractivity contribution in [3.8, 4) is 17.1 Å². The van der Waals surface area contributed by atoms with Crippen molar-refractivity contribution in [3.63, 3.8) is 0 Å². The van der Waals surface area contributed by atoms with Crippen molar-refractivity contribution in [2.75, 3.05) is 11.1 Å². The second kappa shape index (κ2) is 8.91. The van der Waals surface area contributed by atoms with E-state index in [1.807, 2.05) is 51.7 Å². The summed E-state index contributed by atoms with van der Waals surface area (Å²) < 4.78 is 3.78. The van der Waals surface area contributed by atoms with Crippen molar-refractivity contribution >= 4 is 23.4 Å². The number of nitrogens with zero attached hydrogens (tertiary/aromatic N) is 7. The first-order valence-corrected chi connectivity index (χ1v) is 11.5. The summed E-state index contributed by atoms with van der Waals surface area (Å²) >= 11 is 1.35. The van der Waals surface area contributed by atoms with Gasteiger partial charge in [0.05, 0.1) is 17.5 Å². The maximum Gasteiger partial charge on any atom is 0.234 e. The number of nitrogens with one attached hydrogen (secondary N) is 1. The van der Waals surface area contributed by atoms with E-state index in [4.69, 9.17) is 0 Å². The SMILES string of the molecule is CCc1ccccc1-n1cnnc1SCC(=O)Nc1cccc(-c2nnnn2C2CC2)c1. The lowest BCUT2D eigenvalue weighted by molar-refractivity contribution is -0.113. The number of carbonyl (C=O) groups is 1. The number of anilines is 1. The third-order valence-corrected chi connectivity index (χ3v) is 6.21. The Labute approximate surface area is 189 Å². The number of aromatic nitrogens is 7. The highest BCUT2D eigenvalue weighted by Crippen LogP contribution is 2.36. The Bertz CT molecular complexity index is 1250. The molecule has 1 aliphatic rings. The van der Waals surface area contributed by atoms with Gasteiger partial charge in [-0.15, -0.1) is 15.3 Å². The van der Waals surface area contributed by atoms with Crippen molar-refractivity contribution in [1.29, 1.82) is 0 Å². The molecule has 10 heteroatoms. The van der Waals surface area contributed by atoms with E-state index >= 15 is 0 Å². The molecule has 1 saturated carbocycles. The van der Waals surface area contributed by atoms with Crippen LogP contribution in [0.5, 0.6) is 0 Å². The van der Waals surface area contributed by atoms with Gasteiger partial charge >= 0.3 is 0 Å². The first-order chi connectivity index (χ1) is 15.7. The van der Waals surface area contributed by atoms with E-state index in [9.17, 15) is 4.79 Å². The third kappa shape index (κ3) is 4.26. The maximum absolute atomic E-state index is 12.6. The fourth-order valence-electron chi connectivity index (χ4n) is 3.54. The molecule has 9 nitrogen and oxygen atoms in total. The predicted octanol–water partition coefficient (Wildman–Crippen LogP) is 3.55. The molecule has 0 radical (unpaired) electrons. The standard InChI is InChI=1S/C22H22N8OS/c1-2-15-6-3-4-9-19(15)29-14-23-26-22(29)32-13-20(31)24-17-8-5-7-16(12-17)21-25-27-28-30(21)18-10-11-18/h3-9,12,14,18H,2,10-11,13H2,1H3,(H,24,31). The molecule has 2 heterocycles. The number of thioether (sulfide) groups is 1. The third-order valence-electron chi connectivity index (χ3n) is 5.27. The lowest BCUT2D eigenvalue weighted by Crippen LogP contribution is -2.14. The summed E-state index contributed by atoms with van der Waals surface area (Å²) in [4.78, 5) is 12.6. The molecule has 0 aliphatic heterocycles. The Morgan fingerprint density at radius 2 is 2.03 bits per heavy atom. The number of para-hydroxylation sites is 1. The Kier molecular flexibility index (Phi) is 5.68. The van der Waals surface area contributed by atoms with Crippen LogP contribution in [0, 0.1) is 0 Å². The van der Waals surface area contributed by atoms with Gasteiger partial charge in [-0.05, 0) is 53.5 Å². The summed E-state index contributed by atoms with van der Waals surface area (Å²) in [6.45, 7) is 2.11. The molecule has 0 bridgehead atoms. The normalized spacial score (nSPS) is 13.3. The summed E-state index contributed by atoms with van der Waals surface area (Å²) in [5.41, 5.74) is 3.81. The second-order valence-corrected chi connectivity index (χ2v) is 8.50. The van der Waals surface area contributed by atoms with E-state index in [2.05, 4.69) is 44.0 Å². The molecule has 0 spiro atoms. The van der Waals surface area contributed by atoms with Crippen LogP contribution in [-0.4, -0.2) is 46.6 Å². The van der Waals surface area contributed by atoms with Crippen LogP contribution in [0.1, 0.15) is 31.4 Å². The van der Waals surface area contributed by atoms with Gasteiger partial charge in [0.15, 0.2) is 11.0 Å². The number of hydrogen-bond acceptors (Lipinski definition) is 7. The topological polar surface area (TPSA) is 103 Å². The van der Waals surface area contributed by atoms with Gasteiger partial charge in [-0.3, -0.25) is 9.36 Å². The van der Waals surface area contributed by atoms with Crippen molar-refractivity contribution in [3.05, 3.63) is 60.4 Å². The van der Waals surface area contributed by atoms with Crippen molar-refractivity contribution in [1.82, 2.24) is 35.0 Å². The van der Waals surface area contributed by atoms with Crippen LogP contribution in [-0.2, 0) is 11.2 Å². The summed E-state index contributed by atoms with van der Waals surface area (Å²) in [7, 11) is 0. The zero-order valence-electron chi connectivity index (χ0n) is 17.5. The Morgan fingerprint density at radius 3 is 2.88 bits per heavy atom. The smallest absolute Gasteiger partial charge is 0.234 e. The zero-order valence-corrected chi connectivity index (χ0v) is 18.4. The van der Waals surface area contributed by atoms with Gasteiger partial charge in [0.2, 0.25) is 5.91 Å². The van der Waals surface area contributed by atoms with E-state index in [0.717, 1.165) is 36.3 Å². The quantitative estimate of drug-likeness (QED) is 0.413. The molecule has 5 rings (SSSR count). The molecule has 0 saturated heterocycles. The summed E-state index contributed by atoms with van der Waals surface area (Å²) in [5.74, 6) is 0.824. The second-order valence-electron chi connectivity index (χ2n) is 7.56. The first-order valence-electron chi connectivity index (χ1n) is 10.5. The monoisotopic (exact) mass is 446 g/mol. The molecule has 2 aromatic carbocycles. The van der Waals surface area contributed by atoms with Crippen LogP contribution in [0.4, 0.5) is 5.69 Å². The molecule has 162 valence electrons. The number of benzene rings is 2. The van der Waals surface area contributed by atoms with Crippen LogP contribution < -0.4 is 5.32 Å². The summed E-state index contributed by atoms with van der Waals surface area (Å²) in [5, 5.41) is 23.9. The van der Waals surface area contributed by atoms with Gasteiger partial charge < -0.3 is 5.32 Å². The maximum atomic E-state index is 12.6. The highest BCUT2D eigenvalue weighted by Gasteiger charge is 2.28. The summed E-state index contributed by atoms with van der Waals surface area (Å²) in [6.07, 6.45) is 4.78. The van der Waals surface area contributed by atoms with Crippen molar-refractivity contribution in [2.45, 2.75) is 37.4 Å². The molecule has 32 heavy (non-hydrogen) atoms. The highest BCUT2D eigenvalue weighted by molar-refractivity contribution is 7.99. The van der Waals surface area contributed by atoms with Crippen LogP contribution >= 0.6 is 11.8 Å². The van der Waals surface area contributed by atoms with E-state index in [0.29, 0.717) is 16.9 Å². The Hall–Kier alpha value is -3.53. The van der Waals surface area contributed by atoms with Gasteiger partial charge in [-0.25, -0.2) is 4.68 Å². The minimum atomic E-state index is -0.118. The summed E-state index contributed by atoms with van der Waals surface area (Å²) in [6, 6.07) is 16.1. The van der Waals surface area contributed by atoms with Gasteiger partial charge in [0.1, 0.15) is 6.33 Å². The molecule has 1 amide bonds. The first kappa shape index (κ1) is 20.4. The Morgan fingerprint density at radius 1 is 1.16 bits per heavy atom. The number of hydrogen-bond donors (Lipinski definition) is 1. The van der Waals surface area contributed by atoms with Crippen molar-refractivity contribution in [2.24, 2.45) is 0 Å². The van der Waals surface area contributed by atoms with Crippen LogP contribution in [0.3, 0.4) is 0 Å². The minimum Gasteiger partial charge on any atom is -0.325 e. The minimum absolute atomic E-state index is 0.118. The van der Waals surface area contributed by atoms with Crippen molar-refractivity contribution < 1.29 is 4.79 Å². The number of aryl methyl sites for hydroxylation is 1. The van der Waals surface area contributed by atoms with Crippen LogP contribution in [0.15, 0.2) is 60.0 Å². The van der Waals surface area contributed by atoms with E-state index in [-0.39, 0.29) is 11.7 Å². The van der Waals surface area contributed by atoms with Gasteiger partial charge in [0, 0.05) is 11.3 Å². The van der Waals surface area contributed by atoms with Gasteiger partial charge in [-0.2, -0.15) is 0 Å². The lowest BCUT2D eigenvalue weighted by Gasteiger charge is -2.11. The Balaban J connectivity index is 1.26. The molecule has 0 atom stereocenters. The fourth-order valence-corrected chi connectivity index (χ4v) is 4.27. The lowest BCUT2D eigenvalue weighted by atomic mass is 10.1. The molecular weight excluding hydrogens is 424 g/mol. The largest absolute Gasteiger partial charge is 0.325 e. The van der Waals surface area contributed by atoms with Crippen LogP contribution in [0.2, 0.25) is 0 Å². The zero-order chi connectivity index (χ0) is 21.9. The predicted molar refractivity (Wildman–Crippen MR) is 122 cm³/mol. The number of rotatable bonds is 8. The average Bonchev–Trinajstić information content (AvgIpc) is 3.35. The molecule has 2 aromatic heterocycles. The molecular formula is C22H22N8OS. The average molecular weight is 447 g/mol.